The van der Waals surface area contributed by atoms with Gasteiger partial charge in [-0.05, 0) is 30.2 Å². The fraction of sp³-hybridized carbons (Fsp3) is 0.200. The van der Waals surface area contributed by atoms with Crippen LogP contribution in [0.1, 0.15) is 24.1 Å². The van der Waals surface area contributed by atoms with Crippen LogP contribution in [0.25, 0.3) is 0 Å². The molecule has 0 amide bonds. The first-order valence-electron chi connectivity index (χ1n) is 5.78. The topological polar surface area (TPSA) is 35.2 Å². The van der Waals surface area contributed by atoms with Crippen molar-refractivity contribution < 1.29 is 4.74 Å². The Labute approximate surface area is 102 Å². The van der Waals surface area contributed by atoms with Gasteiger partial charge in [-0.3, -0.25) is 0 Å². The Morgan fingerprint density at radius 3 is 2.24 bits per heavy atom. The van der Waals surface area contributed by atoms with Crippen LogP contribution in [0.5, 0.6) is 5.75 Å². The molecule has 0 aliphatic rings. The second kappa shape index (κ2) is 5.51. The van der Waals surface area contributed by atoms with Crippen molar-refractivity contribution in [2.45, 2.75) is 19.6 Å². The van der Waals surface area contributed by atoms with Crippen molar-refractivity contribution in [1.29, 1.82) is 0 Å². The molecule has 2 heteroatoms. The molecule has 0 radical (unpaired) electrons. The number of rotatable bonds is 4. The summed E-state index contributed by atoms with van der Waals surface area (Å²) >= 11 is 0. The van der Waals surface area contributed by atoms with Crippen molar-refractivity contribution in [3.8, 4) is 5.75 Å². The molecule has 0 aliphatic carbocycles. The highest BCUT2D eigenvalue weighted by Gasteiger charge is 1.99. The normalized spacial score (nSPS) is 12.1. The van der Waals surface area contributed by atoms with E-state index in [1.165, 1.54) is 0 Å². The molecule has 1 atom stereocenters. The zero-order chi connectivity index (χ0) is 12.1. The molecule has 88 valence electrons. The lowest BCUT2D eigenvalue weighted by atomic mass is 10.1. The van der Waals surface area contributed by atoms with Crippen LogP contribution in [0.3, 0.4) is 0 Å². The van der Waals surface area contributed by atoms with Gasteiger partial charge in [-0.15, -0.1) is 0 Å². The molecule has 0 saturated carbocycles. The fourth-order valence-corrected chi connectivity index (χ4v) is 1.60. The highest BCUT2D eigenvalue weighted by atomic mass is 16.5. The minimum Gasteiger partial charge on any atom is -0.489 e. The van der Waals surface area contributed by atoms with Gasteiger partial charge in [-0.1, -0.05) is 42.5 Å². The van der Waals surface area contributed by atoms with E-state index in [9.17, 15) is 0 Å². The van der Waals surface area contributed by atoms with E-state index in [1.807, 2.05) is 49.4 Å². The number of hydrogen-bond acceptors (Lipinski definition) is 2. The molecule has 0 aromatic heterocycles. The van der Waals surface area contributed by atoms with Gasteiger partial charge < -0.3 is 10.5 Å². The van der Waals surface area contributed by atoms with Crippen LogP contribution in [0.4, 0.5) is 0 Å². The summed E-state index contributed by atoms with van der Waals surface area (Å²) in [6.45, 7) is 2.57. The van der Waals surface area contributed by atoms with Gasteiger partial charge >= 0.3 is 0 Å². The van der Waals surface area contributed by atoms with E-state index in [-0.39, 0.29) is 6.04 Å². The van der Waals surface area contributed by atoms with Crippen LogP contribution in [-0.2, 0) is 6.61 Å². The van der Waals surface area contributed by atoms with Crippen LogP contribution >= 0.6 is 0 Å². The van der Waals surface area contributed by atoms with Crippen molar-refractivity contribution in [3.05, 3.63) is 65.7 Å². The molecule has 0 unspecified atom stereocenters. The first kappa shape index (κ1) is 11.7. The van der Waals surface area contributed by atoms with Crippen LogP contribution < -0.4 is 10.5 Å². The van der Waals surface area contributed by atoms with Gasteiger partial charge in [0.15, 0.2) is 0 Å². The Bertz CT molecular complexity index is 448. The molecule has 17 heavy (non-hydrogen) atoms. The summed E-state index contributed by atoms with van der Waals surface area (Å²) < 4.78 is 5.66. The van der Waals surface area contributed by atoms with Crippen LogP contribution in [0, 0.1) is 0 Å². The van der Waals surface area contributed by atoms with E-state index in [0.717, 1.165) is 16.9 Å². The Hall–Kier alpha value is -1.80. The highest BCUT2D eigenvalue weighted by molar-refractivity contribution is 5.25. The lowest BCUT2D eigenvalue weighted by Gasteiger charge is -2.08. The second-order valence-electron chi connectivity index (χ2n) is 4.13. The zero-order valence-electron chi connectivity index (χ0n) is 9.97. The maximum absolute atomic E-state index is 5.80. The largest absolute Gasteiger partial charge is 0.489 e. The Morgan fingerprint density at radius 1 is 1.00 bits per heavy atom. The molecule has 0 heterocycles. The molecule has 2 nitrogen and oxygen atoms in total. The average molecular weight is 227 g/mol. The van der Waals surface area contributed by atoms with Crippen molar-refractivity contribution in [2.75, 3.05) is 0 Å². The number of para-hydroxylation sites is 1. The summed E-state index contributed by atoms with van der Waals surface area (Å²) in [4.78, 5) is 0. The highest BCUT2D eigenvalue weighted by Crippen LogP contribution is 2.14. The van der Waals surface area contributed by atoms with E-state index in [2.05, 4.69) is 12.1 Å². The lowest BCUT2D eigenvalue weighted by molar-refractivity contribution is 0.306. The summed E-state index contributed by atoms with van der Waals surface area (Å²) in [5.41, 5.74) is 8.10. The molecule has 2 aromatic rings. The van der Waals surface area contributed by atoms with E-state index < -0.39 is 0 Å². The smallest absolute Gasteiger partial charge is 0.119 e. The Kier molecular flexibility index (Phi) is 3.78. The standard InChI is InChI=1S/C15H17NO/c1-12(16)14-9-7-13(8-10-14)11-17-15-5-3-2-4-6-15/h2-10,12H,11,16H2,1H3/t12-/m0/s1. The monoisotopic (exact) mass is 227 g/mol. The maximum atomic E-state index is 5.80. The molecule has 0 bridgehead atoms. The minimum absolute atomic E-state index is 0.0825. The third kappa shape index (κ3) is 3.33. The minimum atomic E-state index is 0.0825. The van der Waals surface area contributed by atoms with Crippen molar-refractivity contribution >= 4 is 0 Å². The number of hydrogen-bond donors (Lipinski definition) is 1. The third-order valence-electron chi connectivity index (χ3n) is 2.65. The van der Waals surface area contributed by atoms with E-state index in [0.29, 0.717) is 6.61 Å². The Morgan fingerprint density at radius 2 is 1.65 bits per heavy atom. The Balaban J connectivity index is 1.96. The third-order valence-corrected chi connectivity index (χ3v) is 2.65. The van der Waals surface area contributed by atoms with Gasteiger partial charge in [0, 0.05) is 6.04 Å². The van der Waals surface area contributed by atoms with E-state index in [4.69, 9.17) is 10.5 Å². The van der Waals surface area contributed by atoms with Gasteiger partial charge in [0.25, 0.3) is 0 Å². The first-order chi connectivity index (χ1) is 8.25. The molecular weight excluding hydrogens is 210 g/mol. The summed E-state index contributed by atoms with van der Waals surface area (Å²) in [5, 5.41) is 0. The van der Waals surface area contributed by atoms with Crippen molar-refractivity contribution in [3.63, 3.8) is 0 Å². The first-order valence-corrected chi connectivity index (χ1v) is 5.78. The van der Waals surface area contributed by atoms with Gasteiger partial charge in [0.1, 0.15) is 12.4 Å². The average Bonchev–Trinajstić information content (AvgIpc) is 2.38. The lowest BCUT2D eigenvalue weighted by Crippen LogP contribution is -2.05. The summed E-state index contributed by atoms with van der Waals surface area (Å²) in [6, 6.07) is 18.1. The number of ether oxygens (including phenoxy) is 1. The predicted molar refractivity (Wildman–Crippen MR) is 69.8 cm³/mol. The quantitative estimate of drug-likeness (QED) is 0.870. The van der Waals surface area contributed by atoms with E-state index in [1.54, 1.807) is 0 Å². The second-order valence-corrected chi connectivity index (χ2v) is 4.13. The number of benzene rings is 2. The van der Waals surface area contributed by atoms with Gasteiger partial charge in [0.05, 0.1) is 0 Å². The summed E-state index contributed by atoms with van der Waals surface area (Å²) in [5.74, 6) is 0.892. The molecule has 2 N–H and O–H groups in total. The maximum Gasteiger partial charge on any atom is 0.119 e. The molecule has 0 fully saturated rings. The zero-order valence-corrected chi connectivity index (χ0v) is 9.97. The molecule has 0 saturated heterocycles. The van der Waals surface area contributed by atoms with Gasteiger partial charge in [0.2, 0.25) is 0 Å². The predicted octanol–water partition coefficient (Wildman–Crippen LogP) is 3.29. The van der Waals surface area contributed by atoms with Crippen LogP contribution in [-0.4, -0.2) is 0 Å². The van der Waals surface area contributed by atoms with Crippen LogP contribution in [0.2, 0.25) is 0 Å². The summed E-state index contributed by atoms with van der Waals surface area (Å²) in [7, 11) is 0. The molecule has 2 rings (SSSR count). The van der Waals surface area contributed by atoms with Gasteiger partial charge in [-0.25, -0.2) is 0 Å². The number of nitrogens with two attached hydrogens (primary N) is 1. The molecule has 0 spiro atoms. The SMILES string of the molecule is C[C@H](N)c1ccc(COc2ccccc2)cc1. The van der Waals surface area contributed by atoms with E-state index >= 15 is 0 Å². The summed E-state index contributed by atoms with van der Waals surface area (Å²) in [6.07, 6.45) is 0. The molecule has 2 aromatic carbocycles. The fourth-order valence-electron chi connectivity index (χ4n) is 1.60. The van der Waals surface area contributed by atoms with Gasteiger partial charge in [-0.2, -0.15) is 0 Å². The van der Waals surface area contributed by atoms with Crippen molar-refractivity contribution in [2.24, 2.45) is 5.73 Å². The molecule has 0 aliphatic heterocycles. The van der Waals surface area contributed by atoms with Crippen molar-refractivity contribution in [1.82, 2.24) is 0 Å². The molecular formula is C15H17NO. The van der Waals surface area contributed by atoms with Crippen LogP contribution in [0.15, 0.2) is 54.6 Å².